The molecule has 2 saturated carbocycles. The van der Waals surface area contributed by atoms with Gasteiger partial charge in [-0.2, -0.15) is 0 Å². The third-order valence-corrected chi connectivity index (χ3v) is 16.1. The molecule has 2 aliphatic carbocycles. The molecule has 7 heterocycles. The molecule has 1 unspecified atom stereocenters. The van der Waals surface area contributed by atoms with Gasteiger partial charge >= 0.3 is 0 Å². The standard InChI is InChI=1S/C51H56N12O5/c64-42-14-13-41(48(66)57-42)63-49(67)39-7-4-8-40(44(39)50(63)68)61-28-38(29-61)58-17-15-51(16-18-58)26-37(27-51)60-21-19-59(20-22-60)35-11-9-33(10-12-35)56-46-45-47(53-30-52-46)62(31-54-45)36-24-34(25-36)55-43(65)23-32-5-2-1-3-6-32/h1-12,30-31,34,36-38,41H,13-29H2,(H,55,65)(H,52,53,56)(H,57,64,66). The number of rotatable bonds is 11. The Labute approximate surface area is 394 Å². The van der Waals surface area contributed by atoms with Crippen molar-refractivity contribution in [3.63, 3.8) is 0 Å². The summed E-state index contributed by atoms with van der Waals surface area (Å²) >= 11 is 0. The lowest BCUT2D eigenvalue weighted by Gasteiger charge is -2.58. The number of aromatic nitrogens is 4. The van der Waals surface area contributed by atoms with Crippen molar-refractivity contribution in [1.29, 1.82) is 0 Å². The van der Waals surface area contributed by atoms with E-state index in [1.165, 1.54) is 31.4 Å². The van der Waals surface area contributed by atoms with Crippen LogP contribution in [0.15, 0.2) is 85.5 Å². The van der Waals surface area contributed by atoms with E-state index in [1.807, 2.05) is 48.8 Å². The molecule has 3 N–H and O–H groups in total. The second-order valence-electron chi connectivity index (χ2n) is 20.1. The average Bonchev–Trinajstić information content (AvgIpc) is 3.85. The zero-order valence-electron chi connectivity index (χ0n) is 38.1. The van der Waals surface area contributed by atoms with Gasteiger partial charge in [0.25, 0.3) is 11.8 Å². The molecule has 5 amide bonds. The van der Waals surface area contributed by atoms with Crippen LogP contribution in [-0.4, -0.2) is 140 Å². The number of hydrogen-bond acceptors (Lipinski definition) is 13. The number of amides is 5. The van der Waals surface area contributed by atoms with E-state index in [9.17, 15) is 24.0 Å². The first-order chi connectivity index (χ1) is 33.1. The Morgan fingerprint density at radius 1 is 0.750 bits per heavy atom. The molecule has 1 spiro atoms. The molecule has 5 aliphatic heterocycles. The SMILES string of the molecule is O=C1CCC(N2C(=O)c3cccc(N4CC(N5CCC6(CC5)CC(N5CCN(c7ccc(Nc8ncnc9c8ncn9C8CC(NC(=O)Cc9ccccc9)C8)cc7)CC5)C6)C4)c3C2=O)C(=O)N1. The zero-order chi connectivity index (χ0) is 46.1. The van der Waals surface area contributed by atoms with Gasteiger partial charge in [-0.1, -0.05) is 36.4 Å². The van der Waals surface area contributed by atoms with Gasteiger partial charge in [0.15, 0.2) is 17.0 Å². The number of carbonyl (C=O) groups is 5. The van der Waals surface area contributed by atoms with E-state index < -0.39 is 23.8 Å². The third kappa shape index (κ3) is 7.74. The van der Waals surface area contributed by atoms with Gasteiger partial charge in [0.2, 0.25) is 17.7 Å². The Bertz CT molecular complexity index is 2780. The number of hydrogen-bond donors (Lipinski definition) is 3. The van der Waals surface area contributed by atoms with Crippen LogP contribution in [0.4, 0.5) is 22.9 Å². The maximum Gasteiger partial charge on any atom is 0.264 e. The lowest BCUT2D eigenvalue weighted by Crippen LogP contribution is -2.64. The molecule has 6 fully saturated rings. The quantitative estimate of drug-likeness (QED) is 0.160. The fraction of sp³-hybridized carbons (Fsp3) is 0.451. The number of piperazine rings is 1. The fourth-order valence-corrected chi connectivity index (χ4v) is 12.1. The van der Waals surface area contributed by atoms with Gasteiger partial charge in [0.05, 0.1) is 29.6 Å². The number of nitrogens with one attached hydrogen (secondary N) is 3. The number of carbonyl (C=O) groups excluding carboxylic acids is 5. The summed E-state index contributed by atoms with van der Waals surface area (Å²) in [6.45, 7) is 7.91. The average molecular weight is 917 g/mol. The van der Waals surface area contributed by atoms with Crippen LogP contribution in [0.3, 0.4) is 0 Å². The number of piperidine rings is 2. The Kier molecular flexibility index (Phi) is 10.7. The number of benzene rings is 3. The summed E-state index contributed by atoms with van der Waals surface area (Å²) < 4.78 is 2.11. The summed E-state index contributed by atoms with van der Waals surface area (Å²) in [5.41, 5.74) is 6.60. The number of fused-ring (bicyclic) bond motifs is 2. The Morgan fingerprint density at radius 2 is 1.50 bits per heavy atom. The molecule has 350 valence electrons. The maximum absolute atomic E-state index is 13.7. The largest absolute Gasteiger partial charge is 0.369 e. The summed E-state index contributed by atoms with van der Waals surface area (Å²) in [6, 6.07) is 24.3. The van der Waals surface area contributed by atoms with Crippen LogP contribution >= 0.6 is 0 Å². The molecular weight excluding hydrogens is 861 g/mol. The van der Waals surface area contributed by atoms with Gasteiger partial charge in [0.1, 0.15) is 12.4 Å². The first-order valence-corrected chi connectivity index (χ1v) is 24.4. The van der Waals surface area contributed by atoms with Crippen LogP contribution in [0, 0.1) is 5.41 Å². The highest BCUT2D eigenvalue weighted by molar-refractivity contribution is 6.25. The molecule has 5 aromatic rings. The number of anilines is 4. The van der Waals surface area contributed by atoms with E-state index in [0.29, 0.717) is 40.9 Å². The van der Waals surface area contributed by atoms with Crippen LogP contribution in [0.25, 0.3) is 11.2 Å². The van der Waals surface area contributed by atoms with Gasteiger partial charge in [-0.05, 0) is 105 Å². The molecule has 68 heavy (non-hydrogen) atoms. The topological polar surface area (TPSA) is 181 Å². The van der Waals surface area contributed by atoms with Crippen LogP contribution in [0.5, 0.6) is 0 Å². The molecule has 17 heteroatoms. The lowest BCUT2D eigenvalue weighted by molar-refractivity contribution is -0.136. The van der Waals surface area contributed by atoms with E-state index >= 15 is 0 Å². The van der Waals surface area contributed by atoms with Crippen LogP contribution in [0.1, 0.15) is 83.7 Å². The number of imide groups is 2. The molecule has 17 nitrogen and oxygen atoms in total. The van der Waals surface area contributed by atoms with Crippen LogP contribution in [-0.2, 0) is 20.8 Å². The van der Waals surface area contributed by atoms with Crippen molar-refractivity contribution in [2.75, 3.05) is 67.5 Å². The molecule has 0 bridgehead atoms. The molecule has 7 aliphatic rings. The van der Waals surface area contributed by atoms with Crippen molar-refractivity contribution in [1.82, 2.24) is 44.9 Å². The molecule has 0 radical (unpaired) electrons. The maximum atomic E-state index is 13.7. The second-order valence-corrected chi connectivity index (χ2v) is 20.1. The molecule has 12 rings (SSSR count). The Morgan fingerprint density at radius 3 is 2.25 bits per heavy atom. The summed E-state index contributed by atoms with van der Waals surface area (Å²) in [6.07, 6.45) is 10.7. The normalized spacial score (nSPS) is 24.4. The molecule has 4 saturated heterocycles. The van der Waals surface area contributed by atoms with E-state index in [2.05, 4.69) is 74.4 Å². The molecular formula is C51H56N12O5. The fourth-order valence-electron chi connectivity index (χ4n) is 12.1. The van der Waals surface area contributed by atoms with Crippen molar-refractivity contribution < 1.29 is 24.0 Å². The van der Waals surface area contributed by atoms with Crippen molar-refractivity contribution in [2.24, 2.45) is 5.41 Å². The highest BCUT2D eigenvalue weighted by atomic mass is 16.2. The number of likely N-dealkylation sites (tertiary alicyclic amines) is 1. The van der Waals surface area contributed by atoms with Crippen LogP contribution in [0.2, 0.25) is 0 Å². The minimum absolute atomic E-state index is 0.0511. The highest BCUT2D eigenvalue weighted by Gasteiger charge is 2.51. The van der Waals surface area contributed by atoms with Gasteiger partial charge < -0.3 is 25.0 Å². The Balaban J connectivity index is 0.581. The minimum atomic E-state index is -0.965. The predicted octanol–water partition coefficient (Wildman–Crippen LogP) is 4.29. The lowest BCUT2D eigenvalue weighted by atomic mass is 9.59. The number of imidazole rings is 1. The first-order valence-electron chi connectivity index (χ1n) is 24.4. The van der Waals surface area contributed by atoms with Crippen LogP contribution < -0.4 is 25.8 Å². The molecule has 2 aromatic heterocycles. The summed E-state index contributed by atoms with van der Waals surface area (Å²) in [4.78, 5) is 88.8. The van der Waals surface area contributed by atoms with Crippen molar-refractivity contribution in [3.05, 3.63) is 102 Å². The predicted molar refractivity (Wildman–Crippen MR) is 255 cm³/mol. The zero-order valence-corrected chi connectivity index (χ0v) is 38.1. The van der Waals surface area contributed by atoms with Gasteiger partial charge in [-0.15, -0.1) is 0 Å². The molecule has 3 aromatic carbocycles. The monoisotopic (exact) mass is 916 g/mol. The van der Waals surface area contributed by atoms with Gasteiger partial charge in [0, 0.05) is 81.2 Å². The van der Waals surface area contributed by atoms with Gasteiger partial charge in [-0.25, -0.2) is 15.0 Å². The first kappa shape index (κ1) is 42.6. The second kappa shape index (κ2) is 17.1. The summed E-state index contributed by atoms with van der Waals surface area (Å²) in [5, 5.41) is 8.94. The van der Waals surface area contributed by atoms with Crippen molar-refractivity contribution in [3.8, 4) is 0 Å². The van der Waals surface area contributed by atoms with E-state index in [0.717, 1.165) is 98.2 Å². The van der Waals surface area contributed by atoms with E-state index in [-0.39, 0.29) is 36.7 Å². The minimum Gasteiger partial charge on any atom is -0.369 e. The Hall–Kier alpha value is -6.72. The molecule has 1 atom stereocenters. The highest BCUT2D eigenvalue weighted by Crippen LogP contribution is 2.52. The van der Waals surface area contributed by atoms with Crippen molar-refractivity contribution >= 4 is 63.6 Å². The number of nitrogens with zero attached hydrogens (tertiary/aromatic N) is 9. The third-order valence-electron chi connectivity index (χ3n) is 16.1. The van der Waals surface area contributed by atoms with E-state index in [4.69, 9.17) is 4.98 Å². The van der Waals surface area contributed by atoms with Crippen molar-refractivity contribution in [2.45, 2.75) is 88.0 Å². The van der Waals surface area contributed by atoms with E-state index in [1.54, 1.807) is 12.4 Å². The van der Waals surface area contributed by atoms with Gasteiger partial charge in [-0.3, -0.25) is 44.0 Å². The smallest absolute Gasteiger partial charge is 0.264 e. The summed E-state index contributed by atoms with van der Waals surface area (Å²) in [5.74, 6) is -1.15. The summed E-state index contributed by atoms with van der Waals surface area (Å²) in [7, 11) is 0.